The van der Waals surface area contributed by atoms with Gasteiger partial charge < -0.3 is 10.1 Å². The first-order chi connectivity index (χ1) is 15.2. The number of sulfonamides is 1. The fourth-order valence-electron chi connectivity index (χ4n) is 3.23. The molecule has 1 fully saturated rings. The molecule has 1 aliphatic carbocycles. The van der Waals surface area contributed by atoms with Gasteiger partial charge in [-0.25, -0.2) is 22.4 Å². The van der Waals surface area contributed by atoms with Crippen LogP contribution in [0.5, 0.6) is 0 Å². The van der Waals surface area contributed by atoms with Crippen LogP contribution in [0.1, 0.15) is 36.0 Å². The van der Waals surface area contributed by atoms with Gasteiger partial charge in [0.2, 0.25) is 0 Å². The van der Waals surface area contributed by atoms with Crippen molar-refractivity contribution >= 4 is 33.6 Å². The highest BCUT2D eigenvalue weighted by atomic mass is 32.2. The molecule has 2 aromatic rings. The molecule has 2 aromatic carbocycles. The SMILES string of the molecule is O=C(COC(=O)c1ccccc1NS(=O)(=O)c1ccc(F)cc1)NC(=O)NC1CCCC1. The zero-order valence-corrected chi connectivity index (χ0v) is 17.8. The predicted molar refractivity (Wildman–Crippen MR) is 113 cm³/mol. The Labute approximate surface area is 184 Å². The van der Waals surface area contributed by atoms with Gasteiger partial charge in [0.05, 0.1) is 16.1 Å². The number of carbonyl (C=O) groups excluding carboxylic acids is 3. The fraction of sp³-hybridized carbons (Fsp3) is 0.286. The summed E-state index contributed by atoms with van der Waals surface area (Å²) in [6, 6.07) is 9.16. The van der Waals surface area contributed by atoms with E-state index in [4.69, 9.17) is 4.74 Å². The Morgan fingerprint density at radius 2 is 1.66 bits per heavy atom. The molecule has 0 atom stereocenters. The highest BCUT2D eigenvalue weighted by Gasteiger charge is 2.21. The van der Waals surface area contributed by atoms with Crippen molar-refractivity contribution in [2.24, 2.45) is 0 Å². The minimum atomic E-state index is -4.10. The van der Waals surface area contributed by atoms with Crippen LogP contribution in [0.2, 0.25) is 0 Å². The van der Waals surface area contributed by atoms with Gasteiger partial charge in [-0.15, -0.1) is 0 Å². The lowest BCUT2D eigenvalue weighted by Gasteiger charge is -2.13. The maximum atomic E-state index is 13.1. The molecular weight excluding hydrogens is 441 g/mol. The van der Waals surface area contributed by atoms with Gasteiger partial charge in [-0.05, 0) is 49.2 Å². The van der Waals surface area contributed by atoms with E-state index >= 15 is 0 Å². The number of rotatable bonds is 7. The number of nitrogens with one attached hydrogen (secondary N) is 3. The normalized spacial score (nSPS) is 13.9. The van der Waals surface area contributed by atoms with Crippen molar-refractivity contribution < 1.29 is 31.9 Å². The number of urea groups is 1. The van der Waals surface area contributed by atoms with Crippen molar-refractivity contribution in [1.29, 1.82) is 0 Å². The summed E-state index contributed by atoms with van der Waals surface area (Å²) in [4.78, 5) is 35.9. The van der Waals surface area contributed by atoms with Crippen LogP contribution in [0.25, 0.3) is 0 Å². The standard InChI is InChI=1S/C21H22FN3O6S/c22-14-9-11-16(12-10-14)32(29,30)25-18-8-4-3-7-17(18)20(27)31-13-19(26)24-21(28)23-15-5-1-2-6-15/h3-4,7-12,15,25H,1-2,5-6,13H2,(H2,23,24,26,28). The molecule has 32 heavy (non-hydrogen) atoms. The molecule has 3 rings (SSSR count). The maximum absolute atomic E-state index is 13.1. The van der Waals surface area contributed by atoms with Crippen molar-refractivity contribution in [1.82, 2.24) is 10.6 Å². The van der Waals surface area contributed by atoms with Crippen LogP contribution in [0.4, 0.5) is 14.9 Å². The van der Waals surface area contributed by atoms with Gasteiger partial charge in [0.25, 0.3) is 15.9 Å². The molecule has 11 heteroatoms. The Kier molecular flexibility index (Phi) is 7.41. The first-order valence-corrected chi connectivity index (χ1v) is 11.4. The van der Waals surface area contributed by atoms with Crippen LogP contribution < -0.4 is 15.4 Å². The van der Waals surface area contributed by atoms with E-state index in [1.807, 2.05) is 0 Å². The molecular formula is C21H22FN3O6S. The Morgan fingerprint density at radius 1 is 1.00 bits per heavy atom. The van der Waals surface area contributed by atoms with Crippen LogP contribution in [0.15, 0.2) is 53.4 Å². The molecule has 0 aromatic heterocycles. The summed E-state index contributed by atoms with van der Waals surface area (Å²) in [6.45, 7) is -0.726. The summed E-state index contributed by atoms with van der Waals surface area (Å²) in [7, 11) is -4.10. The number of hydrogen-bond acceptors (Lipinski definition) is 6. The van der Waals surface area contributed by atoms with Gasteiger partial charge in [-0.3, -0.25) is 14.8 Å². The number of ether oxygens (including phenoxy) is 1. The number of imide groups is 1. The summed E-state index contributed by atoms with van der Waals surface area (Å²) in [6.07, 6.45) is 3.73. The molecule has 3 N–H and O–H groups in total. The van der Waals surface area contributed by atoms with Gasteiger partial charge in [0.1, 0.15) is 5.82 Å². The van der Waals surface area contributed by atoms with Crippen LogP contribution in [0, 0.1) is 5.82 Å². The average Bonchev–Trinajstić information content (AvgIpc) is 3.25. The van der Waals surface area contributed by atoms with Gasteiger partial charge in [0, 0.05) is 6.04 Å². The van der Waals surface area contributed by atoms with Crippen molar-refractivity contribution in [2.75, 3.05) is 11.3 Å². The molecule has 1 saturated carbocycles. The number of esters is 1. The zero-order chi connectivity index (χ0) is 23.1. The third kappa shape index (κ3) is 6.27. The zero-order valence-electron chi connectivity index (χ0n) is 17.0. The Hall–Kier alpha value is -3.47. The quantitative estimate of drug-likeness (QED) is 0.541. The third-order valence-electron chi connectivity index (χ3n) is 4.79. The Balaban J connectivity index is 1.59. The van der Waals surface area contributed by atoms with Gasteiger partial charge in [0.15, 0.2) is 6.61 Å². The van der Waals surface area contributed by atoms with Crippen molar-refractivity contribution in [3.63, 3.8) is 0 Å². The van der Waals surface area contributed by atoms with E-state index < -0.39 is 40.4 Å². The van der Waals surface area contributed by atoms with E-state index in [1.165, 1.54) is 24.3 Å². The lowest BCUT2D eigenvalue weighted by atomic mass is 10.2. The van der Waals surface area contributed by atoms with Crippen LogP contribution in [-0.2, 0) is 19.6 Å². The largest absolute Gasteiger partial charge is 0.452 e. The summed E-state index contributed by atoms with van der Waals surface area (Å²) in [5, 5.41) is 4.76. The summed E-state index contributed by atoms with van der Waals surface area (Å²) >= 11 is 0. The fourth-order valence-corrected chi connectivity index (χ4v) is 4.31. The molecule has 0 aliphatic heterocycles. The molecule has 3 amide bonds. The van der Waals surface area contributed by atoms with E-state index in [0.29, 0.717) is 0 Å². The highest BCUT2D eigenvalue weighted by Crippen LogP contribution is 2.21. The van der Waals surface area contributed by atoms with E-state index in [0.717, 1.165) is 49.9 Å². The molecule has 0 radical (unpaired) electrons. The smallest absolute Gasteiger partial charge is 0.340 e. The molecule has 170 valence electrons. The van der Waals surface area contributed by atoms with Crippen molar-refractivity contribution in [3.8, 4) is 0 Å². The minimum absolute atomic E-state index is 0.0198. The average molecular weight is 463 g/mol. The lowest BCUT2D eigenvalue weighted by molar-refractivity contribution is -0.123. The molecule has 9 nitrogen and oxygen atoms in total. The molecule has 0 heterocycles. The van der Waals surface area contributed by atoms with Gasteiger partial charge in [-0.2, -0.15) is 0 Å². The summed E-state index contributed by atoms with van der Waals surface area (Å²) < 4.78 is 45.3. The summed E-state index contributed by atoms with van der Waals surface area (Å²) in [5.41, 5.74) is -0.220. The number of halogens is 1. The van der Waals surface area contributed by atoms with Crippen molar-refractivity contribution in [3.05, 3.63) is 59.9 Å². The monoisotopic (exact) mass is 463 g/mol. The topological polar surface area (TPSA) is 131 Å². The van der Waals surface area contributed by atoms with Crippen LogP contribution in [-0.4, -0.2) is 39.0 Å². The first kappa shape index (κ1) is 23.2. The first-order valence-electron chi connectivity index (χ1n) is 9.89. The molecule has 0 unspecified atom stereocenters. The van der Waals surface area contributed by atoms with Gasteiger partial charge >= 0.3 is 12.0 Å². The van der Waals surface area contributed by atoms with Crippen LogP contribution >= 0.6 is 0 Å². The highest BCUT2D eigenvalue weighted by molar-refractivity contribution is 7.92. The number of anilines is 1. The number of carbonyl (C=O) groups is 3. The Bertz CT molecular complexity index is 1100. The van der Waals surface area contributed by atoms with Gasteiger partial charge in [-0.1, -0.05) is 25.0 Å². The second-order valence-electron chi connectivity index (χ2n) is 7.18. The third-order valence-corrected chi connectivity index (χ3v) is 6.17. The number of hydrogen-bond donors (Lipinski definition) is 3. The van der Waals surface area contributed by atoms with E-state index in [-0.39, 0.29) is 22.2 Å². The second-order valence-corrected chi connectivity index (χ2v) is 8.87. The van der Waals surface area contributed by atoms with E-state index in [2.05, 4.69) is 15.4 Å². The molecule has 0 bridgehead atoms. The minimum Gasteiger partial charge on any atom is -0.452 e. The number of benzene rings is 2. The summed E-state index contributed by atoms with van der Waals surface area (Å²) in [5.74, 6) is -2.38. The number of para-hydroxylation sites is 1. The molecule has 0 saturated heterocycles. The van der Waals surface area contributed by atoms with E-state index in [9.17, 15) is 27.2 Å². The van der Waals surface area contributed by atoms with Crippen molar-refractivity contribution in [2.45, 2.75) is 36.6 Å². The number of amides is 3. The van der Waals surface area contributed by atoms with Crippen LogP contribution in [0.3, 0.4) is 0 Å². The van der Waals surface area contributed by atoms with E-state index in [1.54, 1.807) is 0 Å². The second kappa shape index (κ2) is 10.2. The molecule has 1 aliphatic rings. The maximum Gasteiger partial charge on any atom is 0.340 e. The Morgan fingerprint density at radius 3 is 2.34 bits per heavy atom. The molecule has 0 spiro atoms. The predicted octanol–water partition coefficient (Wildman–Crippen LogP) is 2.55. The lowest BCUT2D eigenvalue weighted by Crippen LogP contribution is -2.45.